The molecule has 0 aliphatic carbocycles. The number of carbonyl (C=O) groups is 4. The zero-order chi connectivity index (χ0) is 22.0. The third-order valence-electron chi connectivity index (χ3n) is 3.87. The number of anilines is 1. The summed E-state index contributed by atoms with van der Waals surface area (Å²) < 4.78 is 5.06. The molecule has 158 valence electrons. The number of nitrogens with zero attached hydrogens (tertiary/aromatic N) is 1. The van der Waals surface area contributed by atoms with Crippen molar-refractivity contribution in [1.29, 1.82) is 0 Å². The molecule has 0 aliphatic heterocycles. The molecule has 0 fully saturated rings. The number of amides is 3. The predicted molar refractivity (Wildman–Crippen MR) is 108 cm³/mol. The summed E-state index contributed by atoms with van der Waals surface area (Å²) in [5.41, 5.74) is 3.96. The molecule has 0 radical (unpaired) electrons. The molecule has 10 nitrogen and oxygen atoms in total. The molecule has 0 unspecified atom stereocenters. The van der Waals surface area contributed by atoms with Crippen LogP contribution in [0.2, 0.25) is 0 Å². The average Bonchev–Trinajstić information content (AvgIpc) is 2.68. The number of benzene rings is 1. The van der Waals surface area contributed by atoms with Gasteiger partial charge < -0.3 is 10.1 Å². The van der Waals surface area contributed by atoms with Gasteiger partial charge in [0.05, 0.1) is 7.11 Å². The number of ether oxygens (including phenoxy) is 1. The topological polar surface area (TPSA) is 152 Å². The summed E-state index contributed by atoms with van der Waals surface area (Å²) in [5, 5.41) is 6.55. The summed E-state index contributed by atoms with van der Waals surface area (Å²) in [7, 11) is 1.54. The molecule has 0 bridgehead atoms. The molecule has 3 amide bonds. The Hall–Kier alpha value is -3.27. The second-order valence-corrected chi connectivity index (χ2v) is 7.22. The van der Waals surface area contributed by atoms with Crippen molar-refractivity contribution in [3.8, 4) is 5.75 Å². The predicted octanol–water partition coefficient (Wildman–Crippen LogP) is 0.881. The van der Waals surface area contributed by atoms with Crippen LogP contribution in [0, 0.1) is 5.41 Å². The highest BCUT2D eigenvalue weighted by molar-refractivity contribution is 6.34. The number of hydrazine groups is 1. The van der Waals surface area contributed by atoms with Crippen LogP contribution >= 0.6 is 0 Å². The molecule has 0 atom stereocenters. The van der Waals surface area contributed by atoms with Gasteiger partial charge in [0, 0.05) is 29.7 Å². The molecule has 0 saturated heterocycles. The molecule has 1 aromatic rings. The standard InChI is InChI=1S/C19H27N5O5/c1-19(2,3)15(25)11-13(23-24-18(28)17(27)22-20)7-10-16(26)21-12-5-8-14(29-4)9-6-12/h5-6,8-9H,7,10-11,20H2,1-4H3,(H,21,26)(H,22,27)(H,24,28)/b23-13+. The van der Waals surface area contributed by atoms with Gasteiger partial charge in [-0.2, -0.15) is 5.10 Å². The monoisotopic (exact) mass is 405 g/mol. The van der Waals surface area contributed by atoms with Crippen LogP contribution in [-0.2, 0) is 19.2 Å². The highest BCUT2D eigenvalue weighted by atomic mass is 16.5. The molecule has 0 heterocycles. The first kappa shape index (κ1) is 23.8. The molecule has 0 spiro atoms. The van der Waals surface area contributed by atoms with Gasteiger partial charge in [0.25, 0.3) is 0 Å². The summed E-state index contributed by atoms with van der Waals surface area (Å²) in [5.74, 6) is 2.98. The minimum absolute atomic E-state index is 0.0290. The fourth-order valence-electron chi connectivity index (χ4n) is 2.04. The summed E-state index contributed by atoms with van der Waals surface area (Å²) in [6.07, 6.45) is 0.0828. The third kappa shape index (κ3) is 8.52. The van der Waals surface area contributed by atoms with Gasteiger partial charge in [0.15, 0.2) is 0 Å². The first-order chi connectivity index (χ1) is 13.6. The molecule has 0 saturated carbocycles. The van der Waals surface area contributed by atoms with Crippen molar-refractivity contribution >= 4 is 34.9 Å². The Morgan fingerprint density at radius 3 is 2.17 bits per heavy atom. The molecular weight excluding hydrogens is 378 g/mol. The van der Waals surface area contributed by atoms with Crippen molar-refractivity contribution in [1.82, 2.24) is 10.9 Å². The van der Waals surface area contributed by atoms with Gasteiger partial charge >= 0.3 is 11.8 Å². The number of nitrogens with two attached hydrogens (primary N) is 1. The summed E-state index contributed by atoms with van der Waals surface area (Å²) >= 11 is 0. The quantitative estimate of drug-likeness (QED) is 0.166. The maximum Gasteiger partial charge on any atom is 0.330 e. The van der Waals surface area contributed by atoms with E-state index in [1.807, 2.05) is 5.43 Å². The molecule has 10 heteroatoms. The van der Waals surface area contributed by atoms with Crippen molar-refractivity contribution in [2.24, 2.45) is 16.4 Å². The molecular formula is C19H27N5O5. The van der Waals surface area contributed by atoms with Gasteiger partial charge in [-0.3, -0.25) is 24.6 Å². The van der Waals surface area contributed by atoms with Crippen molar-refractivity contribution in [2.75, 3.05) is 12.4 Å². The Morgan fingerprint density at radius 1 is 1.03 bits per heavy atom. The second kappa shape index (κ2) is 10.9. The summed E-state index contributed by atoms with van der Waals surface area (Å²) in [6.45, 7) is 5.26. The average molecular weight is 405 g/mol. The number of rotatable bonds is 8. The van der Waals surface area contributed by atoms with Crippen molar-refractivity contribution < 1.29 is 23.9 Å². The van der Waals surface area contributed by atoms with Crippen molar-refractivity contribution in [3.63, 3.8) is 0 Å². The van der Waals surface area contributed by atoms with Crippen LogP contribution < -0.4 is 26.7 Å². The Bertz CT molecular complexity index is 781. The lowest BCUT2D eigenvalue weighted by Gasteiger charge is -2.17. The van der Waals surface area contributed by atoms with Gasteiger partial charge in [-0.1, -0.05) is 20.8 Å². The van der Waals surface area contributed by atoms with Gasteiger partial charge in [-0.25, -0.2) is 11.3 Å². The largest absolute Gasteiger partial charge is 0.497 e. The van der Waals surface area contributed by atoms with Crippen LogP contribution in [0.25, 0.3) is 0 Å². The van der Waals surface area contributed by atoms with Crippen LogP contribution in [0.1, 0.15) is 40.0 Å². The molecule has 5 N–H and O–H groups in total. The van der Waals surface area contributed by atoms with E-state index in [1.54, 1.807) is 57.6 Å². The second-order valence-electron chi connectivity index (χ2n) is 7.22. The van der Waals surface area contributed by atoms with E-state index in [4.69, 9.17) is 10.6 Å². The van der Waals surface area contributed by atoms with Crippen LogP contribution in [0.5, 0.6) is 5.75 Å². The number of hydrogen-bond donors (Lipinski definition) is 4. The molecule has 1 rings (SSSR count). The lowest BCUT2D eigenvalue weighted by molar-refractivity contribution is -0.139. The minimum atomic E-state index is -1.08. The smallest absolute Gasteiger partial charge is 0.330 e. The molecule has 0 aliphatic rings. The lowest BCUT2D eigenvalue weighted by Crippen LogP contribution is -2.41. The number of ketones is 1. The lowest BCUT2D eigenvalue weighted by atomic mass is 9.87. The first-order valence-electron chi connectivity index (χ1n) is 8.90. The first-order valence-corrected chi connectivity index (χ1v) is 8.90. The van der Waals surface area contributed by atoms with Crippen molar-refractivity contribution in [3.05, 3.63) is 24.3 Å². The highest BCUT2D eigenvalue weighted by Gasteiger charge is 2.23. The number of hydrogen-bond acceptors (Lipinski definition) is 7. The number of nitrogens with one attached hydrogen (secondary N) is 3. The van der Waals surface area contributed by atoms with Gasteiger partial charge in [-0.15, -0.1) is 0 Å². The number of methoxy groups -OCH3 is 1. The third-order valence-corrected chi connectivity index (χ3v) is 3.87. The van der Waals surface area contributed by atoms with Crippen LogP contribution in [0.15, 0.2) is 29.4 Å². The maximum atomic E-state index is 12.3. The highest BCUT2D eigenvalue weighted by Crippen LogP contribution is 2.18. The molecule has 1 aromatic carbocycles. The normalized spacial score (nSPS) is 11.4. The SMILES string of the molecule is COc1ccc(NC(=O)CC/C(CC(=O)C(C)(C)C)=N\NC(=O)C(=O)NN)cc1. The Kier molecular flexibility index (Phi) is 8.94. The van der Waals surface area contributed by atoms with Gasteiger partial charge in [0.2, 0.25) is 5.91 Å². The van der Waals surface area contributed by atoms with Crippen molar-refractivity contribution in [2.45, 2.75) is 40.0 Å². The van der Waals surface area contributed by atoms with E-state index in [9.17, 15) is 19.2 Å². The van der Waals surface area contributed by atoms with E-state index in [0.717, 1.165) is 0 Å². The Balaban J connectivity index is 2.76. The van der Waals surface area contributed by atoms with Crippen LogP contribution in [0.4, 0.5) is 5.69 Å². The van der Waals surface area contributed by atoms with E-state index in [-0.39, 0.29) is 36.7 Å². The number of Topliss-reactive ketones (excluding diaryl/α,β-unsaturated/α-hetero) is 1. The minimum Gasteiger partial charge on any atom is -0.497 e. The van der Waals surface area contributed by atoms with E-state index in [2.05, 4.69) is 10.4 Å². The van der Waals surface area contributed by atoms with Gasteiger partial charge in [0.1, 0.15) is 11.5 Å². The molecule has 29 heavy (non-hydrogen) atoms. The number of hydrazone groups is 1. The Labute approximate surface area is 169 Å². The van der Waals surface area contributed by atoms with E-state index >= 15 is 0 Å². The van der Waals surface area contributed by atoms with E-state index in [1.165, 1.54) is 0 Å². The zero-order valence-corrected chi connectivity index (χ0v) is 17.0. The van der Waals surface area contributed by atoms with E-state index in [0.29, 0.717) is 11.4 Å². The summed E-state index contributed by atoms with van der Waals surface area (Å²) in [6, 6.07) is 6.81. The Morgan fingerprint density at radius 2 is 1.66 bits per heavy atom. The zero-order valence-electron chi connectivity index (χ0n) is 17.0. The van der Waals surface area contributed by atoms with Gasteiger partial charge in [-0.05, 0) is 30.7 Å². The fourth-order valence-corrected chi connectivity index (χ4v) is 2.04. The molecule has 0 aromatic heterocycles. The van der Waals surface area contributed by atoms with Crippen LogP contribution in [-0.4, -0.2) is 36.3 Å². The summed E-state index contributed by atoms with van der Waals surface area (Å²) in [4.78, 5) is 47.2. The maximum absolute atomic E-state index is 12.3. The fraction of sp³-hybridized carbons (Fsp3) is 0.421. The van der Waals surface area contributed by atoms with E-state index < -0.39 is 17.2 Å². The van der Waals surface area contributed by atoms with Crippen LogP contribution in [0.3, 0.4) is 0 Å². The number of carbonyl (C=O) groups excluding carboxylic acids is 4.